The average molecular weight is 648 g/mol. The number of thiazole rings is 1. The zero-order valence-electron chi connectivity index (χ0n) is 23.8. The number of rotatable bonds is 9. The van der Waals surface area contributed by atoms with Crippen LogP contribution in [0.15, 0.2) is 92.3 Å². The Labute approximate surface area is 256 Å². The third-order valence-corrected chi connectivity index (χ3v) is 8.34. The zero-order valence-corrected chi connectivity index (χ0v) is 26.3. The second-order valence-corrected chi connectivity index (χ2v) is 11.6. The van der Waals surface area contributed by atoms with Crippen LogP contribution < -0.4 is 24.4 Å². The quantitative estimate of drug-likeness (QED) is 0.213. The van der Waals surface area contributed by atoms with Gasteiger partial charge in [0.2, 0.25) is 0 Å². The van der Waals surface area contributed by atoms with E-state index in [1.807, 2.05) is 86.7 Å². The molecular formula is C33H31BrN2O5S. The Bertz CT molecular complexity index is 1830. The van der Waals surface area contributed by atoms with E-state index >= 15 is 0 Å². The predicted octanol–water partition coefficient (Wildman–Crippen LogP) is 5.85. The summed E-state index contributed by atoms with van der Waals surface area (Å²) in [5.74, 6) is 0.683. The van der Waals surface area contributed by atoms with Gasteiger partial charge >= 0.3 is 5.97 Å². The molecule has 3 aromatic carbocycles. The number of hydrogen-bond donors (Lipinski definition) is 0. The van der Waals surface area contributed by atoms with E-state index < -0.39 is 12.0 Å². The molecule has 0 saturated heterocycles. The first-order valence-corrected chi connectivity index (χ1v) is 15.3. The van der Waals surface area contributed by atoms with Crippen LogP contribution in [0.4, 0.5) is 0 Å². The summed E-state index contributed by atoms with van der Waals surface area (Å²) in [6, 6.07) is 20.8. The number of carbonyl (C=O) groups is 1. The molecular weight excluding hydrogens is 616 g/mol. The molecule has 7 nitrogen and oxygen atoms in total. The van der Waals surface area contributed by atoms with Gasteiger partial charge in [0.15, 0.2) is 16.3 Å². The van der Waals surface area contributed by atoms with Crippen molar-refractivity contribution < 1.29 is 19.0 Å². The molecule has 0 N–H and O–H groups in total. The Morgan fingerprint density at radius 2 is 1.76 bits per heavy atom. The van der Waals surface area contributed by atoms with E-state index in [9.17, 15) is 9.59 Å². The molecule has 5 rings (SSSR count). The van der Waals surface area contributed by atoms with Crippen LogP contribution in [0.1, 0.15) is 49.1 Å². The first-order valence-electron chi connectivity index (χ1n) is 13.7. The smallest absolute Gasteiger partial charge is 0.338 e. The highest BCUT2D eigenvalue weighted by molar-refractivity contribution is 9.10. The Hall–Kier alpha value is -3.95. The van der Waals surface area contributed by atoms with Crippen LogP contribution in [-0.4, -0.2) is 23.8 Å². The molecule has 0 fully saturated rings. The molecule has 216 valence electrons. The molecule has 1 aliphatic heterocycles. The van der Waals surface area contributed by atoms with Crippen LogP contribution in [0, 0.1) is 6.92 Å². The summed E-state index contributed by atoms with van der Waals surface area (Å²) in [6.07, 6.45) is 1.81. The molecule has 0 aliphatic carbocycles. The van der Waals surface area contributed by atoms with E-state index in [-0.39, 0.29) is 12.2 Å². The lowest BCUT2D eigenvalue weighted by atomic mass is 9.95. The van der Waals surface area contributed by atoms with Crippen molar-refractivity contribution in [3.63, 3.8) is 0 Å². The second kappa shape index (κ2) is 12.9. The maximum atomic E-state index is 14.0. The van der Waals surface area contributed by atoms with E-state index in [0.717, 1.165) is 22.3 Å². The summed E-state index contributed by atoms with van der Waals surface area (Å²) in [5, 5.41) is 0. The van der Waals surface area contributed by atoms with Crippen LogP contribution in [0.2, 0.25) is 0 Å². The van der Waals surface area contributed by atoms with Crippen LogP contribution in [-0.2, 0) is 16.1 Å². The number of nitrogens with zero attached hydrogens (tertiary/aromatic N) is 2. The minimum Gasteiger partial charge on any atom is -0.490 e. The summed E-state index contributed by atoms with van der Waals surface area (Å²) < 4.78 is 20.2. The van der Waals surface area contributed by atoms with Gasteiger partial charge in [-0.05, 0) is 78.5 Å². The summed E-state index contributed by atoms with van der Waals surface area (Å²) in [5.41, 5.74) is 4.35. The highest BCUT2D eigenvalue weighted by atomic mass is 79.9. The topological polar surface area (TPSA) is 79.1 Å². The predicted molar refractivity (Wildman–Crippen MR) is 168 cm³/mol. The number of fused-ring (bicyclic) bond motifs is 1. The molecule has 0 unspecified atom stereocenters. The van der Waals surface area contributed by atoms with Crippen LogP contribution >= 0.6 is 27.3 Å². The summed E-state index contributed by atoms with van der Waals surface area (Å²) in [7, 11) is 0. The summed E-state index contributed by atoms with van der Waals surface area (Å²) in [4.78, 5) is 32.3. The van der Waals surface area contributed by atoms with Crippen LogP contribution in [0.5, 0.6) is 11.5 Å². The number of halogens is 1. The molecule has 2 heterocycles. The van der Waals surface area contributed by atoms with E-state index in [1.165, 1.54) is 11.3 Å². The van der Waals surface area contributed by atoms with Gasteiger partial charge in [-0.15, -0.1) is 0 Å². The van der Waals surface area contributed by atoms with Gasteiger partial charge in [0.05, 0.1) is 39.5 Å². The molecule has 4 aromatic rings. The monoisotopic (exact) mass is 646 g/mol. The molecule has 42 heavy (non-hydrogen) atoms. The van der Waals surface area contributed by atoms with Crippen molar-refractivity contribution in [3.8, 4) is 11.5 Å². The fourth-order valence-electron chi connectivity index (χ4n) is 4.81. The lowest BCUT2D eigenvalue weighted by Crippen LogP contribution is -2.39. The lowest BCUT2D eigenvalue weighted by molar-refractivity contribution is -0.139. The number of hydrogen-bond acceptors (Lipinski definition) is 7. The average Bonchev–Trinajstić information content (AvgIpc) is 3.27. The Kier molecular flexibility index (Phi) is 9.09. The zero-order chi connectivity index (χ0) is 29.8. The number of allylic oxidation sites excluding steroid dienone is 1. The number of benzene rings is 3. The lowest BCUT2D eigenvalue weighted by Gasteiger charge is -2.24. The first kappa shape index (κ1) is 29.5. The third-order valence-electron chi connectivity index (χ3n) is 6.77. The minimum absolute atomic E-state index is 0.225. The molecule has 1 aromatic heterocycles. The molecule has 0 saturated carbocycles. The van der Waals surface area contributed by atoms with Gasteiger partial charge in [0.25, 0.3) is 5.56 Å². The van der Waals surface area contributed by atoms with Gasteiger partial charge < -0.3 is 14.2 Å². The summed E-state index contributed by atoms with van der Waals surface area (Å²) in [6.45, 7) is 8.51. The van der Waals surface area contributed by atoms with Crippen molar-refractivity contribution in [1.82, 2.24) is 4.57 Å². The Balaban J connectivity index is 1.59. The van der Waals surface area contributed by atoms with E-state index in [1.54, 1.807) is 18.4 Å². The number of esters is 1. The molecule has 0 spiro atoms. The van der Waals surface area contributed by atoms with Crippen molar-refractivity contribution in [2.24, 2.45) is 4.99 Å². The molecule has 0 bridgehead atoms. The van der Waals surface area contributed by atoms with Crippen molar-refractivity contribution in [1.29, 1.82) is 0 Å². The molecule has 0 radical (unpaired) electrons. The highest BCUT2D eigenvalue weighted by Crippen LogP contribution is 2.38. The van der Waals surface area contributed by atoms with Crippen molar-refractivity contribution in [3.05, 3.63) is 124 Å². The van der Waals surface area contributed by atoms with Gasteiger partial charge in [-0.3, -0.25) is 9.36 Å². The molecule has 9 heteroatoms. The Morgan fingerprint density at radius 1 is 1.02 bits per heavy atom. The van der Waals surface area contributed by atoms with Gasteiger partial charge in [0, 0.05) is 0 Å². The SMILES string of the molecule is CCOC(=O)C1=C(C)N=c2s/c(=C\c3cc(Br)c(OCc4ccccc4)c(OCC)c3)c(=O)n2[C@@H]1c1ccc(C)cc1. The van der Waals surface area contributed by atoms with Crippen LogP contribution in [0.3, 0.4) is 0 Å². The minimum atomic E-state index is -0.650. The summed E-state index contributed by atoms with van der Waals surface area (Å²) >= 11 is 4.92. The van der Waals surface area contributed by atoms with Crippen LogP contribution in [0.25, 0.3) is 6.08 Å². The van der Waals surface area contributed by atoms with Crippen molar-refractivity contribution >= 4 is 39.3 Å². The molecule has 0 amide bonds. The van der Waals surface area contributed by atoms with Gasteiger partial charge in [-0.2, -0.15) is 0 Å². The Morgan fingerprint density at radius 3 is 2.45 bits per heavy atom. The number of ether oxygens (including phenoxy) is 3. The number of aromatic nitrogens is 1. The maximum absolute atomic E-state index is 14.0. The maximum Gasteiger partial charge on any atom is 0.338 e. The fraction of sp³-hybridized carbons (Fsp3) is 0.242. The highest BCUT2D eigenvalue weighted by Gasteiger charge is 2.33. The molecule has 1 aliphatic rings. The van der Waals surface area contributed by atoms with E-state index in [4.69, 9.17) is 14.2 Å². The number of carbonyl (C=O) groups excluding carboxylic acids is 1. The normalized spacial score (nSPS) is 14.8. The van der Waals surface area contributed by atoms with Crippen molar-refractivity contribution in [2.75, 3.05) is 13.2 Å². The van der Waals surface area contributed by atoms with Gasteiger partial charge in [-0.1, -0.05) is 71.5 Å². The van der Waals surface area contributed by atoms with E-state index in [2.05, 4.69) is 20.9 Å². The first-order chi connectivity index (χ1) is 20.3. The van der Waals surface area contributed by atoms with Gasteiger partial charge in [-0.25, -0.2) is 9.79 Å². The fourth-order valence-corrected chi connectivity index (χ4v) is 6.43. The largest absolute Gasteiger partial charge is 0.490 e. The van der Waals surface area contributed by atoms with E-state index in [0.29, 0.717) is 49.8 Å². The van der Waals surface area contributed by atoms with Crippen molar-refractivity contribution in [2.45, 2.75) is 40.3 Å². The third kappa shape index (κ3) is 6.12. The second-order valence-electron chi connectivity index (χ2n) is 9.75. The molecule has 1 atom stereocenters. The van der Waals surface area contributed by atoms with Gasteiger partial charge in [0.1, 0.15) is 6.61 Å². The number of aryl methyl sites for hydroxylation is 1. The standard InChI is InChI=1S/C33H31BrN2O5S/c1-5-39-26-17-23(16-25(34)30(26)41-19-22-10-8-7-9-11-22)18-27-31(37)36-29(24-14-12-20(3)13-15-24)28(32(38)40-6-2)21(4)35-33(36)42-27/h7-18,29H,5-6,19H2,1-4H3/b27-18-/t29-/m1/s1.